The lowest BCUT2D eigenvalue weighted by atomic mass is 10.7. The molecule has 44 valence electrons. The standard InChI is InChI=1S/C4H6N2OS/c1-7-4-3-5-8(2)6-4/h3H,2H2,1H3. The van der Waals surface area contributed by atoms with Crippen LogP contribution in [-0.2, 0) is 4.74 Å². The molecule has 1 atom stereocenters. The monoisotopic (exact) mass is 130 g/mol. The fraction of sp³-hybridized carbons (Fsp3) is 0.250. The zero-order chi connectivity index (χ0) is 5.98. The maximum Gasteiger partial charge on any atom is 0.240 e. The lowest BCUT2D eigenvalue weighted by Crippen LogP contribution is -1.96. The summed E-state index contributed by atoms with van der Waals surface area (Å²) in [5.74, 6) is 4.17. The van der Waals surface area contributed by atoms with Crippen LogP contribution in [0.15, 0.2) is 8.80 Å². The van der Waals surface area contributed by atoms with Gasteiger partial charge in [-0.15, -0.1) is 0 Å². The number of hydrogen-bond acceptors (Lipinski definition) is 3. The van der Waals surface area contributed by atoms with Crippen LogP contribution in [0.1, 0.15) is 0 Å². The summed E-state index contributed by atoms with van der Waals surface area (Å²) < 4.78 is 12.5. The van der Waals surface area contributed by atoms with Gasteiger partial charge in [0.25, 0.3) is 0 Å². The zero-order valence-electron chi connectivity index (χ0n) is 4.50. The van der Waals surface area contributed by atoms with Crippen LogP contribution in [0, 0.1) is 0 Å². The molecule has 8 heavy (non-hydrogen) atoms. The van der Waals surface area contributed by atoms with Crippen molar-refractivity contribution in [1.29, 1.82) is 0 Å². The molecule has 0 saturated heterocycles. The van der Waals surface area contributed by atoms with Gasteiger partial charge in [-0.1, -0.05) is 0 Å². The summed E-state index contributed by atoms with van der Waals surface area (Å²) in [7, 11) is 1.14. The Morgan fingerprint density at radius 1 is 1.88 bits per heavy atom. The van der Waals surface area contributed by atoms with Crippen LogP contribution in [0.2, 0.25) is 0 Å². The van der Waals surface area contributed by atoms with Crippen molar-refractivity contribution < 1.29 is 4.74 Å². The van der Waals surface area contributed by atoms with Crippen LogP contribution >= 0.6 is 10.9 Å². The van der Waals surface area contributed by atoms with Crippen molar-refractivity contribution in [3.05, 3.63) is 0 Å². The van der Waals surface area contributed by atoms with Gasteiger partial charge in [0.1, 0.15) is 0 Å². The van der Waals surface area contributed by atoms with Crippen molar-refractivity contribution in [2.75, 3.05) is 7.11 Å². The Hall–Kier alpha value is -0.640. The first-order valence-corrected chi connectivity index (χ1v) is 3.34. The second kappa shape index (κ2) is 2.09. The van der Waals surface area contributed by atoms with Gasteiger partial charge in [0.05, 0.1) is 13.3 Å². The second-order valence-corrected chi connectivity index (χ2v) is 2.28. The molecular weight excluding hydrogens is 124 g/mol. The summed E-state index contributed by atoms with van der Waals surface area (Å²) in [6.07, 6.45) is 1.58. The van der Waals surface area contributed by atoms with E-state index in [2.05, 4.69) is 14.7 Å². The van der Waals surface area contributed by atoms with Crippen molar-refractivity contribution in [1.82, 2.24) is 0 Å². The lowest BCUT2D eigenvalue weighted by molar-refractivity contribution is 0.414. The first kappa shape index (κ1) is 5.50. The van der Waals surface area contributed by atoms with E-state index in [1.54, 1.807) is 13.3 Å². The van der Waals surface area contributed by atoms with Gasteiger partial charge in [0.2, 0.25) is 5.90 Å². The fourth-order valence-corrected chi connectivity index (χ4v) is 0.935. The molecule has 0 aromatic heterocycles. The van der Waals surface area contributed by atoms with E-state index in [4.69, 9.17) is 4.74 Å². The van der Waals surface area contributed by atoms with E-state index in [9.17, 15) is 0 Å². The van der Waals surface area contributed by atoms with Gasteiger partial charge in [0.15, 0.2) is 0 Å². The summed E-state index contributed by atoms with van der Waals surface area (Å²) in [6.45, 7) is 0. The summed E-state index contributed by atoms with van der Waals surface area (Å²) in [6, 6.07) is 0. The summed E-state index contributed by atoms with van der Waals surface area (Å²) in [4.78, 5) is 0. The molecule has 1 heterocycles. The van der Waals surface area contributed by atoms with Gasteiger partial charge in [-0.05, 0) is 5.87 Å². The van der Waals surface area contributed by atoms with Crippen molar-refractivity contribution >= 4 is 28.8 Å². The van der Waals surface area contributed by atoms with Gasteiger partial charge in [0, 0.05) is 10.9 Å². The topological polar surface area (TPSA) is 34.0 Å². The highest BCUT2D eigenvalue weighted by Crippen LogP contribution is 2.16. The van der Waals surface area contributed by atoms with E-state index in [-0.39, 0.29) is 0 Å². The Labute approximate surface area is 50.3 Å². The number of nitrogens with zero attached hydrogens (tertiary/aromatic N) is 2. The first-order chi connectivity index (χ1) is 3.83. The minimum atomic E-state index is -0.420. The molecule has 0 saturated carbocycles. The van der Waals surface area contributed by atoms with E-state index >= 15 is 0 Å². The predicted molar refractivity (Wildman–Crippen MR) is 37.6 cm³/mol. The van der Waals surface area contributed by atoms with E-state index in [1.807, 2.05) is 0 Å². The Morgan fingerprint density at radius 2 is 2.62 bits per heavy atom. The minimum absolute atomic E-state index is 0.420. The predicted octanol–water partition coefficient (Wildman–Crippen LogP) is 0.647. The van der Waals surface area contributed by atoms with Gasteiger partial charge < -0.3 is 4.74 Å². The van der Waals surface area contributed by atoms with Crippen molar-refractivity contribution in [2.24, 2.45) is 8.80 Å². The summed E-state index contributed by atoms with van der Waals surface area (Å²) >= 11 is 0. The van der Waals surface area contributed by atoms with Crippen LogP contribution < -0.4 is 0 Å². The average molecular weight is 130 g/mol. The van der Waals surface area contributed by atoms with Crippen molar-refractivity contribution in [3.8, 4) is 0 Å². The van der Waals surface area contributed by atoms with Gasteiger partial charge >= 0.3 is 0 Å². The molecule has 0 aromatic carbocycles. The largest absolute Gasteiger partial charge is 0.479 e. The molecule has 0 spiro atoms. The molecule has 0 fully saturated rings. The quantitative estimate of drug-likeness (QED) is 0.443. The van der Waals surface area contributed by atoms with E-state index in [0.29, 0.717) is 5.90 Å². The molecule has 0 bridgehead atoms. The van der Waals surface area contributed by atoms with Gasteiger partial charge in [-0.2, -0.15) is 4.40 Å². The maximum atomic E-state index is 4.75. The highest BCUT2D eigenvalue weighted by molar-refractivity contribution is 8.12. The molecule has 1 rings (SSSR count). The molecule has 0 aromatic rings. The van der Waals surface area contributed by atoms with Gasteiger partial charge in [-0.25, -0.2) is 4.40 Å². The Balaban J connectivity index is 2.72. The molecule has 0 amide bonds. The number of hydrogen-bond donors (Lipinski definition) is 0. The minimum Gasteiger partial charge on any atom is -0.479 e. The third kappa shape index (κ3) is 0.949. The molecule has 0 aliphatic carbocycles. The summed E-state index contributed by atoms with van der Waals surface area (Å²) in [5.41, 5.74) is 0. The number of methoxy groups -OCH3 is 1. The van der Waals surface area contributed by atoms with E-state index in [0.717, 1.165) is 0 Å². The van der Waals surface area contributed by atoms with Crippen LogP contribution in [-0.4, -0.2) is 25.1 Å². The van der Waals surface area contributed by atoms with E-state index < -0.39 is 10.9 Å². The molecule has 1 aliphatic heterocycles. The number of rotatable bonds is 0. The highest BCUT2D eigenvalue weighted by Gasteiger charge is 1.99. The highest BCUT2D eigenvalue weighted by atomic mass is 32.2. The van der Waals surface area contributed by atoms with Crippen LogP contribution in [0.3, 0.4) is 0 Å². The Kier molecular flexibility index (Phi) is 1.43. The summed E-state index contributed by atoms with van der Waals surface area (Å²) in [5, 5.41) is 0. The molecule has 1 aliphatic rings. The van der Waals surface area contributed by atoms with Crippen LogP contribution in [0.5, 0.6) is 0 Å². The smallest absolute Gasteiger partial charge is 0.240 e. The normalized spacial score (nSPS) is 25.6. The zero-order valence-corrected chi connectivity index (χ0v) is 5.31. The molecule has 4 heteroatoms. The first-order valence-electron chi connectivity index (χ1n) is 2.04. The third-order valence-electron chi connectivity index (χ3n) is 0.689. The molecule has 0 N–H and O–H groups in total. The van der Waals surface area contributed by atoms with Gasteiger partial charge in [-0.3, -0.25) is 0 Å². The van der Waals surface area contributed by atoms with Crippen molar-refractivity contribution in [2.45, 2.75) is 0 Å². The lowest BCUT2D eigenvalue weighted by Gasteiger charge is -1.87. The third-order valence-corrected chi connectivity index (χ3v) is 1.43. The molecule has 0 radical (unpaired) electrons. The van der Waals surface area contributed by atoms with E-state index in [1.165, 1.54) is 0 Å². The average Bonchev–Trinajstić information content (AvgIpc) is 2.14. The fourth-order valence-electron chi connectivity index (χ4n) is 0.347. The molecule has 1 unspecified atom stereocenters. The van der Waals surface area contributed by atoms with Crippen molar-refractivity contribution in [3.63, 3.8) is 0 Å². The molecular formula is C4H6N2OS. The second-order valence-electron chi connectivity index (χ2n) is 1.21. The maximum absolute atomic E-state index is 4.75. The Bertz CT molecular complexity index is 173. The van der Waals surface area contributed by atoms with Crippen LogP contribution in [0.4, 0.5) is 0 Å². The molecule has 3 nitrogen and oxygen atoms in total. The number of ether oxygens (including phenoxy) is 1. The van der Waals surface area contributed by atoms with Crippen LogP contribution in [0.25, 0.3) is 0 Å². The Morgan fingerprint density at radius 3 is 2.88 bits per heavy atom. The SMILES string of the molecule is C=S1N=CC(OC)=N1.